The van der Waals surface area contributed by atoms with Gasteiger partial charge in [0.1, 0.15) is 6.17 Å². The molecule has 4 heteroatoms. The molecule has 2 aliphatic heterocycles. The molecule has 3 heterocycles. The van der Waals surface area contributed by atoms with Crippen LogP contribution in [0.4, 0.5) is 23.0 Å². The van der Waals surface area contributed by atoms with Crippen molar-refractivity contribution in [3.8, 4) is 11.3 Å². The van der Waals surface area contributed by atoms with Crippen LogP contribution in [0.15, 0.2) is 85.6 Å². The highest BCUT2D eigenvalue weighted by Gasteiger charge is 2.49. The number of hydrogen-bond donors (Lipinski definition) is 0. The van der Waals surface area contributed by atoms with E-state index in [9.17, 15) is 0 Å². The van der Waals surface area contributed by atoms with Gasteiger partial charge in [-0.3, -0.25) is 0 Å². The average molecular weight is 459 g/mol. The van der Waals surface area contributed by atoms with Crippen molar-refractivity contribution in [2.75, 3.05) is 9.80 Å². The van der Waals surface area contributed by atoms with Gasteiger partial charge in [-0.25, -0.2) is 9.97 Å². The Hall–Kier alpha value is -3.92. The first-order chi connectivity index (χ1) is 17.0. The van der Waals surface area contributed by atoms with Crippen molar-refractivity contribution in [2.45, 2.75) is 39.8 Å². The minimum Gasteiger partial charge on any atom is -0.302 e. The van der Waals surface area contributed by atoms with Gasteiger partial charge < -0.3 is 9.80 Å². The van der Waals surface area contributed by atoms with Crippen LogP contribution in [0.1, 0.15) is 35.1 Å². The summed E-state index contributed by atoms with van der Waals surface area (Å²) in [6, 6.07) is 23.7. The van der Waals surface area contributed by atoms with E-state index in [1.807, 2.05) is 6.20 Å². The van der Waals surface area contributed by atoms with Crippen molar-refractivity contribution in [1.29, 1.82) is 0 Å². The van der Waals surface area contributed by atoms with Gasteiger partial charge in [-0.05, 0) is 55.7 Å². The first-order valence-corrected chi connectivity index (χ1v) is 12.3. The Balaban J connectivity index is 1.62. The van der Waals surface area contributed by atoms with Gasteiger partial charge in [0.25, 0.3) is 0 Å². The van der Waals surface area contributed by atoms with Crippen molar-refractivity contribution >= 4 is 23.0 Å². The lowest BCUT2D eigenvalue weighted by Gasteiger charge is -2.44. The minimum atomic E-state index is 0.0563. The molecule has 6 rings (SSSR count). The van der Waals surface area contributed by atoms with Crippen LogP contribution in [0.3, 0.4) is 0 Å². The Bertz CT molecular complexity index is 1420. The molecule has 4 nitrogen and oxygen atoms in total. The third-order valence-electron chi connectivity index (χ3n) is 7.53. The molecular weight excluding hydrogens is 428 g/mol. The fraction of sp³-hybridized carbons (Fsp3) is 0.226. The number of allylic oxidation sites excluding steroid dienone is 1. The molecule has 3 aromatic carbocycles. The van der Waals surface area contributed by atoms with Gasteiger partial charge in [-0.2, -0.15) is 0 Å². The normalized spacial score (nSPS) is 20.3. The molecular formula is C31H30N4. The zero-order valence-corrected chi connectivity index (χ0v) is 20.7. The first-order valence-electron chi connectivity index (χ1n) is 12.3. The van der Waals surface area contributed by atoms with Crippen LogP contribution in [0.5, 0.6) is 0 Å². The highest BCUT2D eigenvalue weighted by atomic mass is 15.5. The molecule has 0 radical (unpaired) electrons. The van der Waals surface area contributed by atoms with Gasteiger partial charge in [-0.15, -0.1) is 6.58 Å². The quantitative estimate of drug-likeness (QED) is 0.296. The number of nitrogens with zero attached hydrogens (tertiary/aromatic N) is 4. The van der Waals surface area contributed by atoms with Crippen LogP contribution < -0.4 is 9.80 Å². The predicted molar refractivity (Wildman–Crippen MR) is 145 cm³/mol. The zero-order valence-electron chi connectivity index (χ0n) is 20.7. The third-order valence-corrected chi connectivity index (χ3v) is 7.53. The molecule has 0 saturated carbocycles. The van der Waals surface area contributed by atoms with E-state index in [0.717, 1.165) is 23.0 Å². The lowest BCUT2D eigenvalue weighted by Crippen LogP contribution is -2.48. The molecule has 0 amide bonds. The van der Waals surface area contributed by atoms with E-state index in [1.165, 1.54) is 33.5 Å². The standard InChI is InChI=1S/C31H30N4/c1-6-24-22(5)31-34(23-12-8-7-9-13-23)29-30(35(31)27-15-11-10-14-25(24)27)33-26(18-32-29)28-20(3)16-19(2)17-21(28)4/h6-18,22,24,31H,1H2,2-5H3. The monoisotopic (exact) mass is 458 g/mol. The van der Waals surface area contributed by atoms with Crippen LogP contribution in [-0.2, 0) is 0 Å². The Morgan fingerprint density at radius 3 is 2.26 bits per heavy atom. The molecule has 3 atom stereocenters. The maximum Gasteiger partial charge on any atom is 0.179 e. The number of benzene rings is 3. The van der Waals surface area contributed by atoms with Gasteiger partial charge in [-0.1, -0.05) is 67.1 Å². The number of rotatable bonds is 3. The molecule has 0 N–H and O–H groups in total. The summed E-state index contributed by atoms with van der Waals surface area (Å²) >= 11 is 0. The highest BCUT2D eigenvalue weighted by molar-refractivity contribution is 5.87. The lowest BCUT2D eigenvalue weighted by molar-refractivity contribution is 0.408. The van der Waals surface area contributed by atoms with Crippen molar-refractivity contribution in [1.82, 2.24) is 9.97 Å². The van der Waals surface area contributed by atoms with E-state index in [1.54, 1.807) is 0 Å². The van der Waals surface area contributed by atoms with E-state index in [2.05, 4.69) is 117 Å². The summed E-state index contributed by atoms with van der Waals surface area (Å²) in [4.78, 5) is 15.2. The smallest absolute Gasteiger partial charge is 0.179 e. The summed E-state index contributed by atoms with van der Waals surface area (Å²) in [5.74, 6) is 2.34. The predicted octanol–water partition coefficient (Wildman–Crippen LogP) is 7.60. The Labute approximate surface area is 207 Å². The maximum absolute atomic E-state index is 5.32. The number of fused-ring (bicyclic) bond motifs is 5. The minimum absolute atomic E-state index is 0.0563. The van der Waals surface area contributed by atoms with Crippen molar-refractivity contribution in [3.05, 3.63) is 108 Å². The largest absolute Gasteiger partial charge is 0.302 e. The fourth-order valence-electron chi connectivity index (χ4n) is 6.16. The van der Waals surface area contributed by atoms with Gasteiger partial charge in [0.15, 0.2) is 11.6 Å². The summed E-state index contributed by atoms with van der Waals surface area (Å²) in [6.07, 6.45) is 4.10. The Kier molecular flexibility index (Phi) is 4.99. The van der Waals surface area contributed by atoms with Crippen LogP contribution in [0.2, 0.25) is 0 Å². The van der Waals surface area contributed by atoms with E-state index < -0.39 is 0 Å². The number of aryl methyl sites for hydroxylation is 3. The average Bonchev–Trinajstić information content (AvgIpc) is 3.19. The molecule has 2 aliphatic rings. The second-order valence-electron chi connectivity index (χ2n) is 9.84. The van der Waals surface area contributed by atoms with E-state index >= 15 is 0 Å². The molecule has 3 unspecified atom stereocenters. The molecule has 174 valence electrons. The summed E-state index contributed by atoms with van der Waals surface area (Å²) < 4.78 is 0. The van der Waals surface area contributed by atoms with Crippen LogP contribution in [-0.4, -0.2) is 16.1 Å². The summed E-state index contributed by atoms with van der Waals surface area (Å²) in [5.41, 5.74) is 9.41. The number of aromatic nitrogens is 2. The molecule has 0 saturated heterocycles. The van der Waals surface area contributed by atoms with Gasteiger partial charge in [0, 0.05) is 28.8 Å². The van der Waals surface area contributed by atoms with E-state index in [-0.39, 0.29) is 18.0 Å². The van der Waals surface area contributed by atoms with Crippen LogP contribution in [0, 0.1) is 26.7 Å². The number of hydrogen-bond acceptors (Lipinski definition) is 4. The maximum atomic E-state index is 5.32. The van der Waals surface area contributed by atoms with Crippen molar-refractivity contribution < 1.29 is 0 Å². The highest BCUT2D eigenvalue weighted by Crippen LogP contribution is 2.55. The third kappa shape index (κ3) is 3.20. The van der Waals surface area contributed by atoms with Crippen LogP contribution >= 0.6 is 0 Å². The van der Waals surface area contributed by atoms with Crippen molar-refractivity contribution in [3.63, 3.8) is 0 Å². The molecule has 0 bridgehead atoms. The molecule has 0 aliphatic carbocycles. The topological polar surface area (TPSA) is 32.3 Å². The molecule has 0 fully saturated rings. The summed E-state index contributed by atoms with van der Waals surface area (Å²) in [6.45, 7) is 13.0. The van der Waals surface area contributed by atoms with Gasteiger partial charge in [0.05, 0.1) is 11.9 Å². The zero-order chi connectivity index (χ0) is 24.3. The molecule has 35 heavy (non-hydrogen) atoms. The summed E-state index contributed by atoms with van der Waals surface area (Å²) in [7, 11) is 0. The van der Waals surface area contributed by atoms with Gasteiger partial charge >= 0.3 is 0 Å². The molecule has 4 aromatic rings. The molecule has 1 aromatic heterocycles. The fourth-order valence-corrected chi connectivity index (χ4v) is 6.16. The number of para-hydroxylation sites is 2. The second-order valence-corrected chi connectivity index (χ2v) is 9.84. The number of anilines is 4. The second kappa shape index (κ2) is 8.09. The van der Waals surface area contributed by atoms with Crippen LogP contribution in [0.25, 0.3) is 11.3 Å². The van der Waals surface area contributed by atoms with Gasteiger partial charge in [0.2, 0.25) is 0 Å². The van der Waals surface area contributed by atoms with Crippen molar-refractivity contribution in [2.24, 2.45) is 5.92 Å². The van der Waals surface area contributed by atoms with E-state index in [4.69, 9.17) is 9.97 Å². The summed E-state index contributed by atoms with van der Waals surface area (Å²) in [5, 5.41) is 0. The Morgan fingerprint density at radius 2 is 1.54 bits per heavy atom. The first kappa shape index (κ1) is 21.6. The van der Waals surface area contributed by atoms with E-state index in [0.29, 0.717) is 0 Å². The Morgan fingerprint density at radius 1 is 0.857 bits per heavy atom. The molecule has 0 spiro atoms. The SMILES string of the molecule is C=CC1c2ccccc2N2c3nc(-c4c(C)cc(C)cc4C)cnc3N(c3ccccc3)C2C1C. The lowest BCUT2D eigenvalue weighted by atomic mass is 9.80.